The second-order valence-electron chi connectivity index (χ2n) is 6.24. The molecule has 0 aliphatic carbocycles. The monoisotopic (exact) mass is 386 g/mol. The topological polar surface area (TPSA) is 123 Å². The quantitative estimate of drug-likeness (QED) is 0.266. The van der Waals surface area contributed by atoms with Gasteiger partial charge in [-0.1, -0.05) is 12.1 Å². The molecule has 1 aromatic heterocycles. The summed E-state index contributed by atoms with van der Waals surface area (Å²) >= 11 is 0. The fraction of sp³-hybridized carbons (Fsp3) is 0.263. The van der Waals surface area contributed by atoms with Gasteiger partial charge in [-0.05, 0) is 19.1 Å². The van der Waals surface area contributed by atoms with Gasteiger partial charge in [0.25, 0.3) is 17.4 Å². The third kappa shape index (κ3) is 3.39. The summed E-state index contributed by atoms with van der Waals surface area (Å²) in [4.78, 5) is 36.9. The van der Waals surface area contributed by atoms with Crippen LogP contribution in [0.2, 0.25) is 0 Å². The molecule has 1 aromatic carbocycles. The summed E-state index contributed by atoms with van der Waals surface area (Å²) in [6, 6.07) is 7.56. The number of aliphatic hydroxyl groups is 1. The molecule has 9 heteroatoms. The second kappa shape index (κ2) is 7.65. The molecule has 1 aliphatic heterocycles. The van der Waals surface area contributed by atoms with Crippen LogP contribution in [0.3, 0.4) is 0 Å². The maximum atomic E-state index is 12.7. The van der Waals surface area contributed by atoms with Gasteiger partial charge in [0, 0.05) is 31.4 Å². The van der Waals surface area contributed by atoms with Gasteiger partial charge in [-0.2, -0.15) is 0 Å². The van der Waals surface area contributed by atoms with Crippen molar-refractivity contribution in [1.29, 1.82) is 0 Å². The number of likely N-dealkylation sites (tertiary alicyclic amines) is 1. The Morgan fingerprint density at radius 3 is 2.68 bits per heavy atom. The Kier molecular flexibility index (Phi) is 5.27. The Labute approximate surface area is 160 Å². The highest BCUT2D eigenvalue weighted by Gasteiger charge is 2.47. The summed E-state index contributed by atoms with van der Waals surface area (Å²) in [5.41, 5.74) is -0.369. The average molecular weight is 386 g/mol. The number of benzene rings is 1. The lowest BCUT2D eigenvalue weighted by Gasteiger charge is -2.22. The zero-order valence-electron chi connectivity index (χ0n) is 15.2. The van der Waals surface area contributed by atoms with Crippen molar-refractivity contribution in [2.24, 2.45) is 0 Å². The minimum absolute atomic E-state index is 0.0622. The number of hydrogen-bond acceptors (Lipinski definition) is 7. The number of ether oxygens (including phenoxy) is 1. The number of nitro groups is 1. The van der Waals surface area contributed by atoms with Crippen molar-refractivity contribution in [3.05, 3.63) is 69.2 Å². The number of aryl methyl sites for hydroxylation is 1. The van der Waals surface area contributed by atoms with Crippen molar-refractivity contribution in [1.82, 2.24) is 4.90 Å². The van der Waals surface area contributed by atoms with Crippen LogP contribution in [0.5, 0.6) is 0 Å². The van der Waals surface area contributed by atoms with Crippen LogP contribution in [0.4, 0.5) is 5.69 Å². The highest BCUT2D eigenvalue weighted by Crippen LogP contribution is 2.40. The highest BCUT2D eigenvalue weighted by molar-refractivity contribution is 6.46. The molecule has 1 atom stereocenters. The minimum Gasteiger partial charge on any atom is -0.507 e. The van der Waals surface area contributed by atoms with Crippen LogP contribution in [0.25, 0.3) is 5.76 Å². The van der Waals surface area contributed by atoms with Gasteiger partial charge in [0.1, 0.15) is 23.3 Å². The molecule has 28 heavy (non-hydrogen) atoms. The summed E-state index contributed by atoms with van der Waals surface area (Å²) in [6.07, 6.45) is 0. The fourth-order valence-electron chi connectivity index (χ4n) is 3.12. The number of aliphatic hydroxyl groups excluding tert-OH is 1. The first-order valence-corrected chi connectivity index (χ1v) is 8.43. The van der Waals surface area contributed by atoms with Gasteiger partial charge in [0.15, 0.2) is 0 Å². The molecule has 0 bridgehead atoms. The minimum atomic E-state index is -0.955. The number of furan rings is 1. The smallest absolute Gasteiger partial charge is 0.295 e. The molecule has 1 fully saturated rings. The predicted molar refractivity (Wildman–Crippen MR) is 97.4 cm³/mol. The molecule has 2 heterocycles. The van der Waals surface area contributed by atoms with Crippen LogP contribution in [0.1, 0.15) is 23.1 Å². The standard InChI is InChI=1S/C19H18N2O7/c1-11-6-7-14(28-11)16-15(18(23)19(24)20(16)8-9-27-2)17(22)12-4-3-5-13(10-12)21(25)26/h3-7,10,16,22H,8-9H2,1-2H3/b17-15-. The number of rotatable bonds is 6. The molecule has 0 saturated carbocycles. The van der Waals surface area contributed by atoms with E-state index in [0.29, 0.717) is 11.5 Å². The number of ketones is 1. The molecule has 3 rings (SSSR count). The Morgan fingerprint density at radius 1 is 1.32 bits per heavy atom. The van der Waals surface area contributed by atoms with Crippen molar-refractivity contribution in [2.75, 3.05) is 20.3 Å². The van der Waals surface area contributed by atoms with Crippen LogP contribution in [-0.2, 0) is 14.3 Å². The molecule has 1 unspecified atom stereocenters. The number of carbonyl (C=O) groups excluding carboxylic acids is 2. The number of amides is 1. The van der Waals surface area contributed by atoms with E-state index >= 15 is 0 Å². The normalized spacial score (nSPS) is 18.6. The molecule has 1 N–H and O–H groups in total. The van der Waals surface area contributed by atoms with Gasteiger partial charge < -0.3 is 19.2 Å². The lowest BCUT2D eigenvalue weighted by molar-refractivity contribution is -0.384. The summed E-state index contributed by atoms with van der Waals surface area (Å²) in [6.45, 7) is 2.00. The van der Waals surface area contributed by atoms with Gasteiger partial charge in [-0.25, -0.2) is 0 Å². The maximum Gasteiger partial charge on any atom is 0.295 e. The van der Waals surface area contributed by atoms with E-state index < -0.39 is 28.4 Å². The molecule has 146 valence electrons. The molecule has 1 saturated heterocycles. The zero-order chi connectivity index (χ0) is 20.4. The van der Waals surface area contributed by atoms with Gasteiger partial charge in [-0.15, -0.1) is 0 Å². The molecule has 0 spiro atoms. The lowest BCUT2D eigenvalue weighted by atomic mass is 9.99. The molecule has 1 amide bonds. The van der Waals surface area contributed by atoms with Gasteiger partial charge in [-0.3, -0.25) is 19.7 Å². The third-order valence-electron chi connectivity index (χ3n) is 4.44. The van der Waals surface area contributed by atoms with Crippen LogP contribution >= 0.6 is 0 Å². The van der Waals surface area contributed by atoms with Crippen LogP contribution in [0.15, 0.2) is 46.4 Å². The van der Waals surface area contributed by atoms with Crippen molar-refractivity contribution in [3.63, 3.8) is 0 Å². The fourth-order valence-corrected chi connectivity index (χ4v) is 3.12. The zero-order valence-corrected chi connectivity index (χ0v) is 15.2. The van der Waals surface area contributed by atoms with E-state index in [-0.39, 0.29) is 30.0 Å². The first-order valence-electron chi connectivity index (χ1n) is 8.43. The number of non-ortho nitro benzene ring substituents is 1. The van der Waals surface area contributed by atoms with E-state index in [1.165, 1.54) is 30.2 Å². The number of hydrogen-bond donors (Lipinski definition) is 1. The van der Waals surface area contributed by atoms with Crippen molar-refractivity contribution in [3.8, 4) is 0 Å². The van der Waals surface area contributed by atoms with Gasteiger partial charge in [0.2, 0.25) is 0 Å². The molecular formula is C19H18N2O7. The van der Waals surface area contributed by atoms with Crippen LogP contribution in [-0.4, -0.2) is 46.9 Å². The number of Topliss-reactive ketones (excluding diaryl/α,β-unsaturated/α-hetero) is 1. The van der Waals surface area contributed by atoms with E-state index in [4.69, 9.17) is 9.15 Å². The molecule has 1 aliphatic rings. The Balaban J connectivity index is 2.16. The number of methoxy groups -OCH3 is 1. The summed E-state index contributed by atoms with van der Waals surface area (Å²) in [5, 5.41) is 21.8. The molecule has 9 nitrogen and oxygen atoms in total. The molecule has 2 aromatic rings. The number of nitro benzene ring substituents is 1. The average Bonchev–Trinajstić information content (AvgIpc) is 3.21. The van der Waals surface area contributed by atoms with E-state index in [1.54, 1.807) is 19.1 Å². The largest absolute Gasteiger partial charge is 0.507 e. The van der Waals surface area contributed by atoms with E-state index in [0.717, 1.165) is 6.07 Å². The SMILES string of the molecule is COCCN1C(=O)C(=O)/C(=C(\O)c2cccc([N+](=O)[O-])c2)C1c1ccc(C)o1. The Bertz CT molecular complexity index is 976. The summed E-state index contributed by atoms with van der Waals surface area (Å²) in [7, 11) is 1.46. The Morgan fingerprint density at radius 2 is 2.07 bits per heavy atom. The van der Waals surface area contributed by atoms with Crippen LogP contribution in [0, 0.1) is 17.0 Å². The first kappa shape index (κ1) is 19.3. The maximum absolute atomic E-state index is 12.7. The first-order chi connectivity index (χ1) is 13.3. The Hall–Kier alpha value is -3.46. The lowest BCUT2D eigenvalue weighted by Crippen LogP contribution is -2.32. The number of carbonyl (C=O) groups is 2. The van der Waals surface area contributed by atoms with Crippen LogP contribution < -0.4 is 0 Å². The molecular weight excluding hydrogens is 368 g/mol. The highest BCUT2D eigenvalue weighted by atomic mass is 16.6. The predicted octanol–water partition coefficient (Wildman–Crippen LogP) is 2.56. The van der Waals surface area contributed by atoms with Gasteiger partial charge >= 0.3 is 0 Å². The van der Waals surface area contributed by atoms with Crippen molar-refractivity contribution >= 4 is 23.1 Å². The third-order valence-corrected chi connectivity index (χ3v) is 4.44. The van der Waals surface area contributed by atoms with Gasteiger partial charge in [0.05, 0.1) is 17.1 Å². The van der Waals surface area contributed by atoms with E-state index in [2.05, 4.69) is 0 Å². The van der Waals surface area contributed by atoms with E-state index in [1.807, 2.05) is 0 Å². The number of nitrogens with zero attached hydrogens (tertiary/aromatic N) is 2. The summed E-state index contributed by atoms with van der Waals surface area (Å²) in [5.74, 6) is -1.31. The second-order valence-corrected chi connectivity index (χ2v) is 6.24. The van der Waals surface area contributed by atoms with E-state index in [9.17, 15) is 24.8 Å². The summed E-state index contributed by atoms with van der Waals surface area (Å²) < 4.78 is 10.6. The van der Waals surface area contributed by atoms with Crippen molar-refractivity contribution < 1.29 is 28.8 Å². The molecule has 0 radical (unpaired) electrons. The van der Waals surface area contributed by atoms with Crippen molar-refractivity contribution in [2.45, 2.75) is 13.0 Å².